The van der Waals surface area contributed by atoms with Crippen molar-refractivity contribution in [3.8, 4) is 0 Å². The van der Waals surface area contributed by atoms with Gasteiger partial charge in [-0.1, -0.05) is 84.3 Å². The minimum Gasteiger partial charge on any atom is -0.122 e. The van der Waals surface area contributed by atoms with E-state index in [0.717, 1.165) is 17.8 Å². The summed E-state index contributed by atoms with van der Waals surface area (Å²) < 4.78 is 0. The molecule has 0 aromatic carbocycles. The smallest absolute Gasteiger partial charge is 0.0406 e. The first-order valence-electron chi connectivity index (χ1n) is 9.17. The maximum absolute atomic E-state index is 5.71. The molecular weight excluding hydrogens is 276 g/mol. The maximum Gasteiger partial charge on any atom is 0.0406 e. The van der Waals surface area contributed by atoms with Gasteiger partial charge in [0.1, 0.15) is 0 Å². The van der Waals surface area contributed by atoms with E-state index < -0.39 is 0 Å². The van der Waals surface area contributed by atoms with Crippen molar-refractivity contribution in [2.45, 2.75) is 92.4 Å². The molecule has 0 rings (SSSR count). The van der Waals surface area contributed by atoms with Gasteiger partial charge in [-0.3, -0.25) is 0 Å². The molecule has 0 fully saturated rings. The van der Waals surface area contributed by atoms with Crippen molar-refractivity contribution in [2.24, 2.45) is 17.8 Å². The lowest BCUT2D eigenvalue weighted by atomic mass is 9.91. The molecule has 126 valence electrons. The number of hydrogen-bond donors (Lipinski definition) is 0. The van der Waals surface area contributed by atoms with Crippen LogP contribution in [0.15, 0.2) is 11.6 Å². The predicted octanol–water partition coefficient (Wildman–Crippen LogP) is 7.61. The molecule has 0 aliphatic heterocycles. The van der Waals surface area contributed by atoms with Crippen LogP contribution in [-0.2, 0) is 0 Å². The van der Waals surface area contributed by atoms with Crippen LogP contribution in [0.5, 0.6) is 0 Å². The molecule has 2 atom stereocenters. The van der Waals surface area contributed by atoms with Crippen LogP contribution < -0.4 is 0 Å². The highest BCUT2D eigenvalue weighted by molar-refractivity contribution is 6.18. The average Bonchev–Trinajstić information content (AvgIpc) is 2.38. The Morgan fingerprint density at radius 2 is 1.29 bits per heavy atom. The Labute approximate surface area is 139 Å². The number of rotatable bonds is 13. The highest BCUT2D eigenvalue weighted by Gasteiger charge is 2.06. The molecule has 0 radical (unpaired) electrons. The first kappa shape index (κ1) is 21.0. The summed E-state index contributed by atoms with van der Waals surface area (Å²) in [7, 11) is 0. The molecule has 0 saturated carbocycles. The lowest BCUT2D eigenvalue weighted by molar-refractivity contribution is 0.389. The summed E-state index contributed by atoms with van der Waals surface area (Å²) in [5.41, 5.74) is 1.45. The zero-order chi connectivity index (χ0) is 16.1. The predicted molar refractivity (Wildman–Crippen MR) is 99.2 cm³/mol. The molecule has 0 heterocycles. The molecular formula is C20H39Cl. The van der Waals surface area contributed by atoms with Gasteiger partial charge in [-0.15, -0.1) is 11.6 Å². The molecule has 2 unspecified atom stereocenters. The summed E-state index contributed by atoms with van der Waals surface area (Å²) in [6.07, 6.45) is 14.6. The molecule has 0 aromatic heterocycles. The zero-order valence-corrected chi connectivity index (χ0v) is 16.0. The Hall–Kier alpha value is 0.0300. The van der Waals surface area contributed by atoms with Crippen LogP contribution in [0.2, 0.25) is 0 Å². The van der Waals surface area contributed by atoms with E-state index in [1.54, 1.807) is 0 Å². The number of alkyl halides is 1. The molecule has 0 aromatic rings. The summed E-state index contributed by atoms with van der Waals surface area (Å²) in [5, 5.41) is 0. The third kappa shape index (κ3) is 14.7. The summed E-state index contributed by atoms with van der Waals surface area (Å²) in [6, 6.07) is 0. The Kier molecular flexibility index (Phi) is 13.7. The largest absolute Gasteiger partial charge is 0.122 e. The lowest BCUT2D eigenvalue weighted by Gasteiger charge is -2.15. The maximum atomic E-state index is 5.71. The van der Waals surface area contributed by atoms with Crippen molar-refractivity contribution >= 4 is 11.6 Å². The zero-order valence-electron chi connectivity index (χ0n) is 15.3. The Morgan fingerprint density at radius 3 is 1.76 bits per heavy atom. The minimum absolute atomic E-state index is 0.663. The van der Waals surface area contributed by atoms with Crippen molar-refractivity contribution < 1.29 is 0 Å². The van der Waals surface area contributed by atoms with E-state index in [-0.39, 0.29) is 0 Å². The molecule has 0 aliphatic rings. The van der Waals surface area contributed by atoms with Crippen molar-refractivity contribution in [3.63, 3.8) is 0 Å². The van der Waals surface area contributed by atoms with Gasteiger partial charge in [0.25, 0.3) is 0 Å². The molecule has 0 amide bonds. The lowest BCUT2D eigenvalue weighted by Crippen LogP contribution is -2.00. The van der Waals surface area contributed by atoms with E-state index in [1.165, 1.54) is 63.4 Å². The van der Waals surface area contributed by atoms with Crippen LogP contribution in [0, 0.1) is 17.8 Å². The first-order chi connectivity index (χ1) is 9.95. The second kappa shape index (κ2) is 13.7. The van der Waals surface area contributed by atoms with Gasteiger partial charge in [-0.25, -0.2) is 0 Å². The Morgan fingerprint density at radius 1 is 0.810 bits per heavy atom. The third-order valence-electron chi connectivity index (χ3n) is 4.57. The van der Waals surface area contributed by atoms with Gasteiger partial charge < -0.3 is 0 Å². The van der Waals surface area contributed by atoms with E-state index in [1.807, 2.05) is 0 Å². The average molecular weight is 315 g/mol. The fourth-order valence-electron chi connectivity index (χ4n) is 2.94. The molecule has 1 heteroatoms. The van der Waals surface area contributed by atoms with Gasteiger partial charge in [0.05, 0.1) is 0 Å². The fraction of sp³-hybridized carbons (Fsp3) is 0.900. The number of hydrogen-bond acceptors (Lipinski definition) is 0. The summed E-state index contributed by atoms with van der Waals surface area (Å²) >= 11 is 5.71. The Bertz CT molecular complexity index is 255. The summed E-state index contributed by atoms with van der Waals surface area (Å²) in [6.45, 7) is 11.7. The van der Waals surface area contributed by atoms with E-state index in [0.29, 0.717) is 5.88 Å². The minimum atomic E-state index is 0.663. The van der Waals surface area contributed by atoms with Crippen molar-refractivity contribution in [1.82, 2.24) is 0 Å². The SMILES string of the molecule is C/C(=C\CCl)CCCC(C)CCCC(C)CCCC(C)C. The van der Waals surface area contributed by atoms with Crippen LogP contribution in [0.25, 0.3) is 0 Å². The second-order valence-electron chi connectivity index (χ2n) is 7.56. The molecule has 0 N–H and O–H groups in total. The molecule has 0 nitrogen and oxygen atoms in total. The van der Waals surface area contributed by atoms with Crippen molar-refractivity contribution in [2.75, 3.05) is 5.88 Å². The van der Waals surface area contributed by atoms with Gasteiger partial charge in [0.2, 0.25) is 0 Å². The molecule has 0 aliphatic carbocycles. The molecule has 21 heavy (non-hydrogen) atoms. The summed E-state index contributed by atoms with van der Waals surface area (Å²) in [4.78, 5) is 0. The van der Waals surface area contributed by atoms with E-state index in [4.69, 9.17) is 11.6 Å². The quantitative estimate of drug-likeness (QED) is 0.242. The fourth-order valence-corrected chi connectivity index (χ4v) is 3.20. The highest BCUT2D eigenvalue weighted by atomic mass is 35.5. The molecule has 0 bridgehead atoms. The van der Waals surface area contributed by atoms with Gasteiger partial charge in [0.15, 0.2) is 0 Å². The monoisotopic (exact) mass is 314 g/mol. The molecule has 0 saturated heterocycles. The van der Waals surface area contributed by atoms with Gasteiger partial charge >= 0.3 is 0 Å². The van der Waals surface area contributed by atoms with Crippen LogP contribution in [0.1, 0.15) is 92.4 Å². The Balaban J connectivity index is 3.52. The normalized spacial score (nSPS) is 15.5. The van der Waals surface area contributed by atoms with Crippen LogP contribution in [0.3, 0.4) is 0 Å². The van der Waals surface area contributed by atoms with Crippen LogP contribution in [0.4, 0.5) is 0 Å². The van der Waals surface area contributed by atoms with Crippen LogP contribution >= 0.6 is 11.6 Å². The number of allylic oxidation sites excluding steroid dienone is 2. The first-order valence-corrected chi connectivity index (χ1v) is 9.70. The molecule has 0 spiro atoms. The van der Waals surface area contributed by atoms with Crippen molar-refractivity contribution in [1.29, 1.82) is 0 Å². The topological polar surface area (TPSA) is 0 Å². The van der Waals surface area contributed by atoms with Gasteiger partial charge in [-0.05, 0) is 37.5 Å². The van der Waals surface area contributed by atoms with E-state index >= 15 is 0 Å². The summed E-state index contributed by atoms with van der Waals surface area (Å²) in [5.74, 6) is 3.34. The van der Waals surface area contributed by atoms with E-state index in [9.17, 15) is 0 Å². The highest BCUT2D eigenvalue weighted by Crippen LogP contribution is 2.21. The third-order valence-corrected chi connectivity index (χ3v) is 4.72. The second-order valence-corrected chi connectivity index (χ2v) is 7.87. The number of halogens is 1. The van der Waals surface area contributed by atoms with E-state index in [2.05, 4.69) is 40.7 Å². The van der Waals surface area contributed by atoms with Gasteiger partial charge in [-0.2, -0.15) is 0 Å². The van der Waals surface area contributed by atoms with Crippen molar-refractivity contribution in [3.05, 3.63) is 11.6 Å². The van der Waals surface area contributed by atoms with Crippen LogP contribution in [-0.4, -0.2) is 5.88 Å². The standard InChI is InChI=1S/C20H39Cl/c1-17(2)9-6-10-18(3)11-7-12-19(4)13-8-14-20(5)15-16-21/h15,17-19H,6-14,16H2,1-5H3/b20-15+. The van der Waals surface area contributed by atoms with Gasteiger partial charge in [0, 0.05) is 5.88 Å².